The molecule has 0 aromatic carbocycles. The summed E-state index contributed by atoms with van der Waals surface area (Å²) in [6.07, 6.45) is -0.375. The van der Waals surface area contributed by atoms with Crippen molar-refractivity contribution in [2.75, 3.05) is 19.6 Å². The van der Waals surface area contributed by atoms with E-state index in [1.165, 1.54) is 0 Å². The Hall–Kier alpha value is -0.810. The average Bonchev–Trinajstić information content (AvgIpc) is 2.34. The lowest BCUT2D eigenvalue weighted by molar-refractivity contribution is 0.0502. The van der Waals surface area contributed by atoms with Crippen molar-refractivity contribution in [3.63, 3.8) is 0 Å². The van der Waals surface area contributed by atoms with Crippen molar-refractivity contribution in [2.45, 2.75) is 66.5 Å². The van der Waals surface area contributed by atoms with Crippen molar-refractivity contribution < 1.29 is 9.53 Å². The molecular formula is C17H37N3O2. The number of nitrogens with one attached hydrogen (secondary N) is 2. The molecule has 132 valence electrons. The molecule has 0 aliphatic heterocycles. The van der Waals surface area contributed by atoms with Crippen LogP contribution < -0.4 is 16.4 Å². The van der Waals surface area contributed by atoms with E-state index >= 15 is 0 Å². The van der Waals surface area contributed by atoms with Crippen molar-refractivity contribution in [2.24, 2.45) is 23.5 Å². The highest BCUT2D eigenvalue weighted by molar-refractivity contribution is 5.67. The third kappa shape index (κ3) is 7.99. The van der Waals surface area contributed by atoms with E-state index in [0.29, 0.717) is 30.8 Å². The van der Waals surface area contributed by atoms with Crippen molar-refractivity contribution in [1.29, 1.82) is 0 Å². The van der Waals surface area contributed by atoms with E-state index in [9.17, 15) is 4.79 Å². The second kappa shape index (κ2) is 8.73. The van der Waals surface area contributed by atoms with Crippen LogP contribution >= 0.6 is 0 Å². The van der Waals surface area contributed by atoms with Gasteiger partial charge >= 0.3 is 6.09 Å². The van der Waals surface area contributed by atoms with Gasteiger partial charge in [0.05, 0.1) is 0 Å². The second-order valence-electron chi connectivity index (χ2n) is 8.05. The number of hydrogen-bond donors (Lipinski definition) is 3. The van der Waals surface area contributed by atoms with Crippen LogP contribution in [0.25, 0.3) is 0 Å². The molecule has 0 heterocycles. The lowest BCUT2D eigenvalue weighted by atomic mass is 9.86. The van der Waals surface area contributed by atoms with Gasteiger partial charge in [-0.3, -0.25) is 0 Å². The number of ether oxygens (including phenoxy) is 1. The quantitative estimate of drug-likeness (QED) is 0.644. The lowest BCUT2D eigenvalue weighted by Gasteiger charge is -2.37. The summed E-state index contributed by atoms with van der Waals surface area (Å²) < 4.78 is 5.30. The summed E-state index contributed by atoms with van der Waals surface area (Å²) in [6, 6.07) is 0. The number of hydrogen-bond acceptors (Lipinski definition) is 4. The fourth-order valence-electron chi connectivity index (χ4n) is 2.00. The van der Waals surface area contributed by atoms with Gasteiger partial charge in [0, 0.05) is 12.1 Å². The Bertz CT molecular complexity index is 337. The third-order valence-electron chi connectivity index (χ3n) is 4.29. The molecule has 22 heavy (non-hydrogen) atoms. The standard InChI is InChI=1S/C17H37N3O2/c1-12(2)14(9-18)10-20-17(8,13(3)4)11-19-15(21)22-16(5,6)7/h12-14,20H,9-11,18H2,1-8H3,(H,19,21). The van der Waals surface area contributed by atoms with E-state index in [1.54, 1.807) is 0 Å². The van der Waals surface area contributed by atoms with Gasteiger partial charge in [0.1, 0.15) is 5.60 Å². The minimum atomic E-state index is -0.478. The molecule has 1 amide bonds. The van der Waals surface area contributed by atoms with Crippen LogP contribution in [0.1, 0.15) is 55.4 Å². The van der Waals surface area contributed by atoms with Crippen LogP contribution in [0.5, 0.6) is 0 Å². The van der Waals surface area contributed by atoms with Crippen molar-refractivity contribution in [3.05, 3.63) is 0 Å². The topological polar surface area (TPSA) is 76.4 Å². The number of rotatable bonds is 8. The van der Waals surface area contributed by atoms with Gasteiger partial charge in [-0.2, -0.15) is 0 Å². The molecule has 2 unspecified atom stereocenters. The Morgan fingerprint density at radius 1 is 1.14 bits per heavy atom. The van der Waals surface area contributed by atoms with Crippen molar-refractivity contribution >= 4 is 6.09 Å². The number of carbonyl (C=O) groups excluding carboxylic acids is 1. The van der Waals surface area contributed by atoms with E-state index in [4.69, 9.17) is 10.5 Å². The highest BCUT2D eigenvalue weighted by atomic mass is 16.6. The minimum Gasteiger partial charge on any atom is -0.444 e. The van der Waals surface area contributed by atoms with E-state index in [2.05, 4.69) is 45.3 Å². The Labute approximate surface area is 136 Å². The van der Waals surface area contributed by atoms with Gasteiger partial charge in [0.2, 0.25) is 0 Å². The van der Waals surface area contributed by atoms with Crippen LogP contribution in [-0.2, 0) is 4.74 Å². The Balaban J connectivity index is 4.59. The number of nitrogens with two attached hydrogens (primary N) is 1. The zero-order valence-electron chi connectivity index (χ0n) is 15.7. The summed E-state index contributed by atoms with van der Waals surface area (Å²) >= 11 is 0. The van der Waals surface area contributed by atoms with Crippen LogP contribution in [0.2, 0.25) is 0 Å². The molecule has 0 aliphatic carbocycles. The van der Waals surface area contributed by atoms with Crippen molar-refractivity contribution in [3.8, 4) is 0 Å². The zero-order chi connectivity index (χ0) is 17.6. The first kappa shape index (κ1) is 21.2. The third-order valence-corrected chi connectivity index (χ3v) is 4.29. The highest BCUT2D eigenvalue weighted by Crippen LogP contribution is 2.18. The number of amides is 1. The molecule has 0 aliphatic rings. The van der Waals surface area contributed by atoms with Gasteiger partial charge in [-0.05, 0) is 58.5 Å². The smallest absolute Gasteiger partial charge is 0.407 e. The maximum Gasteiger partial charge on any atom is 0.407 e. The van der Waals surface area contributed by atoms with E-state index < -0.39 is 5.60 Å². The maximum atomic E-state index is 11.8. The molecule has 0 aromatic rings. The van der Waals surface area contributed by atoms with E-state index in [1.807, 2.05) is 20.8 Å². The Morgan fingerprint density at radius 3 is 2.05 bits per heavy atom. The normalized spacial score (nSPS) is 16.5. The van der Waals surface area contributed by atoms with Gasteiger partial charge in [-0.1, -0.05) is 27.7 Å². The molecule has 0 saturated carbocycles. The SMILES string of the molecule is CC(C)C(CN)CNC(C)(CNC(=O)OC(C)(C)C)C(C)C. The maximum absolute atomic E-state index is 11.8. The summed E-state index contributed by atoms with van der Waals surface area (Å²) in [4.78, 5) is 11.8. The molecule has 0 rings (SSSR count). The first-order valence-corrected chi connectivity index (χ1v) is 8.33. The molecule has 4 N–H and O–H groups in total. The van der Waals surface area contributed by atoms with Crippen LogP contribution in [0.15, 0.2) is 0 Å². The Kier molecular flexibility index (Phi) is 8.40. The average molecular weight is 316 g/mol. The largest absolute Gasteiger partial charge is 0.444 e. The van der Waals surface area contributed by atoms with E-state index in [-0.39, 0.29) is 11.6 Å². The number of alkyl carbamates (subject to hydrolysis) is 1. The van der Waals surface area contributed by atoms with Crippen molar-refractivity contribution in [1.82, 2.24) is 10.6 Å². The summed E-state index contributed by atoms with van der Waals surface area (Å²) in [5.74, 6) is 1.33. The van der Waals surface area contributed by atoms with Crippen LogP contribution in [0.4, 0.5) is 4.79 Å². The molecule has 0 saturated heterocycles. The van der Waals surface area contributed by atoms with Crippen LogP contribution in [-0.4, -0.2) is 36.9 Å². The predicted octanol–water partition coefficient (Wildman–Crippen LogP) is 2.75. The summed E-state index contributed by atoms with van der Waals surface area (Å²) in [5.41, 5.74) is 5.17. The molecule has 0 aromatic heterocycles. The predicted molar refractivity (Wildman–Crippen MR) is 92.9 cm³/mol. The Morgan fingerprint density at radius 2 is 1.68 bits per heavy atom. The molecule has 5 heteroatoms. The van der Waals surface area contributed by atoms with Gasteiger partial charge in [0.15, 0.2) is 0 Å². The zero-order valence-corrected chi connectivity index (χ0v) is 15.7. The minimum absolute atomic E-state index is 0.195. The molecule has 2 atom stereocenters. The molecule has 0 bridgehead atoms. The van der Waals surface area contributed by atoms with Gasteiger partial charge in [-0.25, -0.2) is 4.79 Å². The molecular weight excluding hydrogens is 278 g/mol. The summed E-state index contributed by atoms with van der Waals surface area (Å²) in [5, 5.41) is 6.47. The fourth-order valence-corrected chi connectivity index (χ4v) is 2.00. The highest BCUT2D eigenvalue weighted by Gasteiger charge is 2.30. The van der Waals surface area contributed by atoms with Gasteiger partial charge < -0.3 is 21.1 Å². The molecule has 5 nitrogen and oxygen atoms in total. The van der Waals surface area contributed by atoms with Crippen LogP contribution in [0, 0.1) is 17.8 Å². The fraction of sp³-hybridized carbons (Fsp3) is 0.941. The van der Waals surface area contributed by atoms with Gasteiger partial charge in [0.25, 0.3) is 0 Å². The van der Waals surface area contributed by atoms with E-state index in [0.717, 1.165) is 6.54 Å². The lowest BCUT2D eigenvalue weighted by Crippen LogP contribution is -2.57. The number of carbonyl (C=O) groups is 1. The molecule has 0 spiro atoms. The van der Waals surface area contributed by atoms with Crippen LogP contribution in [0.3, 0.4) is 0 Å². The first-order valence-electron chi connectivity index (χ1n) is 8.33. The molecule has 0 radical (unpaired) electrons. The summed E-state index contributed by atoms with van der Waals surface area (Å²) in [7, 11) is 0. The molecule has 0 fully saturated rings. The van der Waals surface area contributed by atoms with Gasteiger partial charge in [-0.15, -0.1) is 0 Å². The first-order chi connectivity index (χ1) is 9.91. The summed E-state index contributed by atoms with van der Waals surface area (Å²) in [6.45, 7) is 18.4. The monoisotopic (exact) mass is 315 g/mol. The second-order valence-corrected chi connectivity index (χ2v) is 8.05.